The van der Waals surface area contributed by atoms with Crippen molar-refractivity contribution >= 4 is 12.1 Å². The van der Waals surface area contributed by atoms with Gasteiger partial charge >= 0.3 is 12.1 Å². The number of carbonyl (C=O) groups excluding carboxylic acids is 2. The Morgan fingerprint density at radius 1 is 1.09 bits per heavy atom. The summed E-state index contributed by atoms with van der Waals surface area (Å²) in [6, 6.07) is 14.7. The summed E-state index contributed by atoms with van der Waals surface area (Å²) in [6.45, 7) is 11.8. The number of aliphatic hydroxyl groups is 1. The number of hydrogen-bond donors (Lipinski definition) is 1. The topological polar surface area (TPSA) is 133 Å². The van der Waals surface area contributed by atoms with Gasteiger partial charge in [-0.3, -0.25) is 4.90 Å². The molecule has 4 rings (SSSR count). The molecule has 3 aromatic rings. The largest absolute Gasteiger partial charge is 0.496 e. The van der Waals surface area contributed by atoms with Crippen LogP contribution in [0.15, 0.2) is 54.7 Å². The highest BCUT2D eigenvalue weighted by Crippen LogP contribution is 2.28. The molecule has 254 valence electrons. The smallest absolute Gasteiger partial charge is 0.410 e. The first-order chi connectivity index (χ1) is 22.6. The molecule has 12 nitrogen and oxygen atoms in total. The maximum absolute atomic E-state index is 13.3. The molecular weight excluding hydrogens is 604 g/mol. The number of morpholine rings is 1. The van der Waals surface area contributed by atoms with Crippen molar-refractivity contribution in [3.63, 3.8) is 0 Å². The number of carbonyl (C=O) groups is 2. The summed E-state index contributed by atoms with van der Waals surface area (Å²) in [5, 5.41) is 10.7. The Morgan fingerprint density at radius 3 is 2.57 bits per heavy atom. The highest BCUT2D eigenvalue weighted by Gasteiger charge is 2.25. The fraction of sp³-hybridized carbons (Fsp3) is 0.486. The van der Waals surface area contributed by atoms with Gasteiger partial charge in [0, 0.05) is 45.3 Å². The van der Waals surface area contributed by atoms with Gasteiger partial charge in [0.05, 0.1) is 38.2 Å². The molecule has 1 atom stereocenters. The second kappa shape index (κ2) is 17.1. The summed E-state index contributed by atoms with van der Waals surface area (Å²) in [5.41, 5.74) is 2.09. The third-order valence-electron chi connectivity index (χ3n) is 7.35. The molecular formula is C35H46N4O8. The van der Waals surface area contributed by atoms with Crippen molar-refractivity contribution in [1.29, 1.82) is 0 Å². The van der Waals surface area contributed by atoms with Gasteiger partial charge in [-0.05, 0) is 63.1 Å². The van der Waals surface area contributed by atoms with Crippen LogP contribution in [0.4, 0.5) is 4.79 Å². The Kier molecular flexibility index (Phi) is 12.9. The van der Waals surface area contributed by atoms with E-state index in [1.165, 1.54) is 0 Å². The number of amides is 1. The maximum Gasteiger partial charge on any atom is 0.410 e. The van der Waals surface area contributed by atoms with Gasteiger partial charge in [-0.15, -0.1) is 0 Å². The van der Waals surface area contributed by atoms with Crippen molar-refractivity contribution in [2.45, 2.75) is 59.0 Å². The van der Waals surface area contributed by atoms with Crippen LogP contribution in [0.1, 0.15) is 44.5 Å². The number of methoxy groups -OCH3 is 1. The molecule has 1 amide bonds. The predicted molar refractivity (Wildman–Crippen MR) is 175 cm³/mol. The number of para-hydroxylation sites is 1. The van der Waals surface area contributed by atoms with E-state index < -0.39 is 23.8 Å². The summed E-state index contributed by atoms with van der Waals surface area (Å²) >= 11 is 0. The van der Waals surface area contributed by atoms with Crippen LogP contribution in [0.25, 0.3) is 11.4 Å². The summed E-state index contributed by atoms with van der Waals surface area (Å²) in [4.78, 5) is 38.6. The van der Waals surface area contributed by atoms with E-state index in [9.17, 15) is 14.7 Å². The first kappa shape index (κ1) is 35.6. The number of esters is 1. The van der Waals surface area contributed by atoms with Crippen LogP contribution in [0.5, 0.6) is 11.5 Å². The lowest BCUT2D eigenvalue weighted by Crippen LogP contribution is -2.44. The molecule has 1 N–H and O–H groups in total. The average Bonchev–Trinajstić information content (AvgIpc) is 3.06. The van der Waals surface area contributed by atoms with Crippen molar-refractivity contribution < 1.29 is 38.4 Å². The van der Waals surface area contributed by atoms with Crippen molar-refractivity contribution in [2.24, 2.45) is 0 Å². The minimum absolute atomic E-state index is 0.0432. The third-order valence-corrected chi connectivity index (χ3v) is 7.35. The molecule has 1 aromatic heterocycles. The number of benzene rings is 2. The van der Waals surface area contributed by atoms with E-state index in [0.717, 1.165) is 24.2 Å². The van der Waals surface area contributed by atoms with Crippen molar-refractivity contribution in [1.82, 2.24) is 19.8 Å². The van der Waals surface area contributed by atoms with Crippen LogP contribution < -0.4 is 9.47 Å². The Balaban J connectivity index is 1.56. The van der Waals surface area contributed by atoms with Crippen LogP contribution in [-0.2, 0) is 38.6 Å². The van der Waals surface area contributed by atoms with Gasteiger partial charge in [0.15, 0.2) is 11.9 Å². The van der Waals surface area contributed by atoms with Gasteiger partial charge in [-0.25, -0.2) is 19.6 Å². The number of aliphatic hydroxyl groups excluding tert-OH is 1. The SMILES string of the molecule is CCOC(=O)[C@H](O)Cc1cc(CN(CCN2CCOCC2)C(=O)OC(C)(C)C)ccc1OCc1ccnc(-c2ccccc2OC)n1. The van der Waals surface area contributed by atoms with Gasteiger partial charge in [0.2, 0.25) is 0 Å². The van der Waals surface area contributed by atoms with Crippen LogP contribution in [-0.4, -0.2) is 102 Å². The van der Waals surface area contributed by atoms with E-state index in [1.54, 1.807) is 37.3 Å². The molecule has 12 heteroatoms. The maximum atomic E-state index is 13.3. The van der Waals surface area contributed by atoms with Crippen molar-refractivity contribution in [3.05, 3.63) is 71.5 Å². The second-order valence-corrected chi connectivity index (χ2v) is 12.1. The Labute approximate surface area is 276 Å². The molecule has 47 heavy (non-hydrogen) atoms. The zero-order chi connectivity index (χ0) is 33.8. The van der Waals surface area contributed by atoms with E-state index in [1.807, 2.05) is 57.2 Å². The van der Waals surface area contributed by atoms with Gasteiger partial charge in [-0.2, -0.15) is 0 Å². The van der Waals surface area contributed by atoms with Crippen LogP contribution in [0.2, 0.25) is 0 Å². The lowest BCUT2D eigenvalue weighted by atomic mass is 10.0. The lowest BCUT2D eigenvalue weighted by Gasteiger charge is -2.31. The fourth-order valence-corrected chi connectivity index (χ4v) is 5.02. The molecule has 0 radical (unpaired) electrons. The standard InChI is InChI=1S/C35H46N4O8/c1-6-45-33(41)29(40)22-26-21-25(23-39(34(42)47-35(2,3)4)16-15-38-17-19-44-20-18-38)11-12-30(26)46-24-27-13-14-36-32(37-27)28-9-7-8-10-31(28)43-5/h7-14,21,29,40H,6,15-20,22-24H2,1-5H3/t29-/m1/s1. The molecule has 0 aliphatic carbocycles. The number of hydrogen-bond acceptors (Lipinski definition) is 11. The van der Waals surface area contributed by atoms with Crippen LogP contribution >= 0.6 is 0 Å². The van der Waals surface area contributed by atoms with Crippen molar-refractivity contribution in [2.75, 3.05) is 53.1 Å². The number of ether oxygens (including phenoxy) is 5. The highest BCUT2D eigenvalue weighted by molar-refractivity contribution is 5.75. The van der Waals surface area contributed by atoms with Crippen molar-refractivity contribution in [3.8, 4) is 22.9 Å². The normalized spacial score (nSPS) is 14.3. The number of nitrogens with zero attached hydrogens (tertiary/aromatic N) is 4. The van der Waals surface area contributed by atoms with Gasteiger partial charge < -0.3 is 33.7 Å². The van der Waals surface area contributed by atoms with Gasteiger partial charge in [-0.1, -0.05) is 24.3 Å². The third kappa shape index (κ3) is 10.9. The predicted octanol–water partition coefficient (Wildman–Crippen LogP) is 4.27. The molecule has 0 saturated carbocycles. The molecule has 0 unspecified atom stereocenters. The first-order valence-corrected chi connectivity index (χ1v) is 15.9. The molecule has 0 bridgehead atoms. The lowest BCUT2D eigenvalue weighted by molar-refractivity contribution is -0.152. The quantitative estimate of drug-likeness (QED) is 0.251. The van der Waals surface area contributed by atoms with Gasteiger partial charge in [0.1, 0.15) is 23.7 Å². The van der Waals surface area contributed by atoms with Gasteiger partial charge in [0.25, 0.3) is 0 Å². The van der Waals surface area contributed by atoms with Crippen LogP contribution in [0, 0.1) is 0 Å². The summed E-state index contributed by atoms with van der Waals surface area (Å²) in [5.74, 6) is 0.895. The number of aromatic nitrogens is 2. The minimum atomic E-state index is -1.40. The summed E-state index contributed by atoms with van der Waals surface area (Å²) in [6.07, 6.45) is -0.205. The molecule has 0 spiro atoms. The molecule has 1 fully saturated rings. The number of rotatable bonds is 14. The minimum Gasteiger partial charge on any atom is -0.496 e. The van der Waals surface area contributed by atoms with E-state index in [4.69, 9.17) is 23.7 Å². The zero-order valence-electron chi connectivity index (χ0n) is 27.9. The van der Waals surface area contributed by atoms with E-state index in [-0.39, 0.29) is 26.2 Å². The van der Waals surface area contributed by atoms with E-state index >= 15 is 0 Å². The zero-order valence-corrected chi connectivity index (χ0v) is 27.9. The molecule has 2 aromatic carbocycles. The summed E-state index contributed by atoms with van der Waals surface area (Å²) < 4.78 is 27.9. The Morgan fingerprint density at radius 2 is 1.85 bits per heavy atom. The van der Waals surface area contributed by atoms with Crippen LogP contribution in [0.3, 0.4) is 0 Å². The fourth-order valence-electron chi connectivity index (χ4n) is 5.02. The molecule has 1 aliphatic heterocycles. The average molecular weight is 651 g/mol. The monoisotopic (exact) mass is 650 g/mol. The van der Waals surface area contributed by atoms with E-state index in [2.05, 4.69) is 14.9 Å². The molecule has 1 saturated heterocycles. The Hall–Kier alpha value is -4.26. The highest BCUT2D eigenvalue weighted by atomic mass is 16.6. The second-order valence-electron chi connectivity index (χ2n) is 12.1. The Bertz CT molecular complexity index is 1470. The molecule has 2 heterocycles. The summed E-state index contributed by atoms with van der Waals surface area (Å²) in [7, 11) is 1.60. The van der Waals surface area contributed by atoms with E-state index in [0.29, 0.717) is 54.9 Å². The molecule has 1 aliphatic rings. The first-order valence-electron chi connectivity index (χ1n) is 15.9.